The first-order valence-electron chi connectivity index (χ1n) is 6.73. The monoisotopic (exact) mass is 360 g/mol. The van der Waals surface area contributed by atoms with Crippen LogP contribution >= 0.6 is 15.9 Å². The molecular weight excluding hydrogens is 347 g/mol. The predicted molar refractivity (Wildman–Crippen MR) is 85.5 cm³/mol. The van der Waals surface area contributed by atoms with Gasteiger partial charge in [0.15, 0.2) is 0 Å². The molecule has 2 rings (SSSR count). The summed E-state index contributed by atoms with van der Waals surface area (Å²) in [6, 6.07) is 13.5. The van der Waals surface area contributed by atoms with E-state index in [4.69, 9.17) is 5.26 Å². The largest absolute Gasteiger partial charge is 0.349 e. The van der Waals surface area contributed by atoms with Crippen molar-refractivity contribution in [2.24, 2.45) is 0 Å². The highest BCUT2D eigenvalue weighted by Crippen LogP contribution is 2.18. The summed E-state index contributed by atoms with van der Waals surface area (Å²) in [6.45, 7) is 1.87. The van der Waals surface area contributed by atoms with Crippen LogP contribution in [0.4, 0.5) is 4.39 Å². The standard InChI is InChI=1S/C17H14BrFN2O/c1-11(14-5-2-12(10-20)3-6-14)21-17(22)9-13-4-7-16(19)15(18)8-13/h2-8,11H,9H2,1H3,(H,21,22). The molecule has 2 aromatic carbocycles. The third-order valence-electron chi connectivity index (χ3n) is 3.27. The SMILES string of the molecule is CC(NC(=O)Cc1ccc(F)c(Br)c1)c1ccc(C#N)cc1. The summed E-state index contributed by atoms with van der Waals surface area (Å²) in [4.78, 5) is 12.0. The highest BCUT2D eigenvalue weighted by Gasteiger charge is 2.11. The second-order valence-corrected chi connectivity index (χ2v) is 5.80. The number of carbonyl (C=O) groups excluding carboxylic acids is 1. The Morgan fingerprint density at radius 1 is 1.32 bits per heavy atom. The van der Waals surface area contributed by atoms with Crippen LogP contribution in [-0.4, -0.2) is 5.91 Å². The lowest BCUT2D eigenvalue weighted by Crippen LogP contribution is -2.28. The zero-order valence-corrected chi connectivity index (χ0v) is 13.5. The van der Waals surface area contributed by atoms with Crippen molar-refractivity contribution in [2.45, 2.75) is 19.4 Å². The van der Waals surface area contributed by atoms with E-state index in [0.29, 0.717) is 10.0 Å². The Hall–Kier alpha value is -2.19. The lowest BCUT2D eigenvalue weighted by molar-refractivity contribution is -0.121. The van der Waals surface area contributed by atoms with Crippen molar-refractivity contribution in [3.63, 3.8) is 0 Å². The first kappa shape index (κ1) is 16.2. The third-order valence-corrected chi connectivity index (χ3v) is 3.87. The van der Waals surface area contributed by atoms with Crippen LogP contribution in [0.25, 0.3) is 0 Å². The second kappa shape index (κ2) is 7.19. The Morgan fingerprint density at radius 3 is 2.59 bits per heavy atom. The Kier molecular flexibility index (Phi) is 5.29. The van der Waals surface area contributed by atoms with E-state index in [9.17, 15) is 9.18 Å². The molecule has 22 heavy (non-hydrogen) atoms. The molecule has 0 radical (unpaired) electrons. The normalized spacial score (nSPS) is 11.5. The lowest BCUT2D eigenvalue weighted by Gasteiger charge is -2.14. The summed E-state index contributed by atoms with van der Waals surface area (Å²) in [5.74, 6) is -0.495. The van der Waals surface area contributed by atoms with Gasteiger partial charge in [0.2, 0.25) is 5.91 Å². The molecule has 2 aromatic rings. The highest BCUT2D eigenvalue weighted by atomic mass is 79.9. The molecule has 1 amide bonds. The summed E-state index contributed by atoms with van der Waals surface area (Å²) in [6.07, 6.45) is 0.180. The van der Waals surface area contributed by atoms with Crippen molar-refractivity contribution in [2.75, 3.05) is 0 Å². The van der Waals surface area contributed by atoms with Gasteiger partial charge in [0.25, 0.3) is 0 Å². The zero-order valence-electron chi connectivity index (χ0n) is 11.9. The fourth-order valence-corrected chi connectivity index (χ4v) is 2.48. The van der Waals surface area contributed by atoms with Crippen molar-refractivity contribution in [3.05, 3.63) is 69.4 Å². The highest BCUT2D eigenvalue weighted by molar-refractivity contribution is 9.10. The van der Waals surface area contributed by atoms with E-state index >= 15 is 0 Å². The van der Waals surface area contributed by atoms with Crippen LogP contribution < -0.4 is 5.32 Å². The van der Waals surface area contributed by atoms with Crippen LogP contribution in [0.1, 0.15) is 29.7 Å². The van der Waals surface area contributed by atoms with E-state index in [1.165, 1.54) is 6.07 Å². The summed E-state index contributed by atoms with van der Waals surface area (Å²) < 4.78 is 13.5. The van der Waals surface area contributed by atoms with Gasteiger partial charge in [-0.2, -0.15) is 5.26 Å². The molecule has 0 bridgehead atoms. The minimum absolute atomic E-state index is 0.143. The molecule has 3 nitrogen and oxygen atoms in total. The van der Waals surface area contributed by atoms with Gasteiger partial charge in [0.1, 0.15) is 5.82 Å². The number of hydrogen-bond donors (Lipinski definition) is 1. The summed E-state index contributed by atoms with van der Waals surface area (Å²) >= 11 is 3.10. The van der Waals surface area contributed by atoms with Crippen LogP contribution in [0.2, 0.25) is 0 Å². The lowest BCUT2D eigenvalue weighted by atomic mass is 10.1. The molecule has 5 heteroatoms. The number of benzene rings is 2. The molecule has 0 aliphatic rings. The van der Waals surface area contributed by atoms with E-state index in [-0.39, 0.29) is 24.2 Å². The number of nitrogens with zero attached hydrogens (tertiary/aromatic N) is 1. The molecule has 0 aromatic heterocycles. The maximum Gasteiger partial charge on any atom is 0.224 e. The van der Waals surface area contributed by atoms with Gasteiger partial charge in [-0.15, -0.1) is 0 Å². The maximum absolute atomic E-state index is 13.2. The summed E-state index contributed by atoms with van der Waals surface area (Å²) in [7, 11) is 0. The molecular formula is C17H14BrFN2O. The molecule has 1 N–H and O–H groups in total. The van der Waals surface area contributed by atoms with Crippen LogP contribution in [0.15, 0.2) is 46.9 Å². The van der Waals surface area contributed by atoms with Crippen LogP contribution in [0.3, 0.4) is 0 Å². The van der Waals surface area contributed by atoms with Crippen molar-refractivity contribution in [3.8, 4) is 6.07 Å². The molecule has 0 heterocycles. The third kappa shape index (κ3) is 4.15. The van der Waals surface area contributed by atoms with Crippen LogP contribution in [0.5, 0.6) is 0 Å². The van der Waals surface area contributed by atoms with Gasteiger partial charge in [-0.05, 0) is 58.2 Å². The molecule has 0 fully saturated rings. The van der Waals surface area contributed by atoms with Crippen LogP contribution in [-0.2, 0) is 11.2 Å². The number of hydrogen-bond acceptors (Lipinski definition) is 2. The van der Waals surface area contributed by atoms with E-state index < -0.39 is 0 Å². The van der Waals surface area contributed by atoms with Gasteiger partial charge in [0.05, 0.1) is 28.6 Å². The van der Waals surface area contributed by atoms with Crippen LogP contribution in [0, 0.1) is 17.1 Å². The molecule has 0 aliphatic heterocycles. The predicted octanol–water partition coefficient (Wildman–Crippen LogP) is 3.88. The second-order valence-electron chi connectivity index (χ2n) is 4.95. The van der Waals surface area contributed by atoms with Gasteiger partial charge < -0.3 is 5.32 Å². The Labute approximate surface area is 136 Å². The first-order valence-corrected chi connectivity index (χ1v) is 7.52. The minimum atomic E-state index is -0.352. The minimum Gasteiger partial charge on any atom is -0.349 e. The average Bonchev–Trinajstić information content (AvgIpc) is 2.51. The van der Waals surface area contributed by atoms with Gasteiger partial charge in [-0.1, -0.05) is 18.2 Å². The van der Waals surface area contributed by atoms with E-state index in [1.54, 1.807) is 24.3 Å². The van der Waals surface area contributed by atoms with E-state index in [1.807, 2.05) is 19.1 Å². The van der Waals surface area contributed by atoms with Gasteiger partial charge in [0, 0.05) is 0 Å². The van der Waals surface area contributed by atoms with Crippen molar-refractivity contribution in [1.29, 1.82) is 5.26 Å². The molecule has 1 atom stereocenters. The van der Waals surface area contributed by atoms with E-state index in [0.717, 1.165) is 11.1 Å². The molecule has 0 saturated heterocycles. The van der Waals surface area contributed by atoms with Gasteiger partial charge in [-0.3, -0.25) is 4.79 Å². The quantitative estimate of drug-likeness (QED) is 0.899. The topological polar surface area (TPSA) is 52.9 Å². The first-order chi connectivity index (χ1) is 10.5. The zero-order chi connectivity index (χ0) is 16.1. The van der Waals surface area contributed by atoms with Gasteiger partial charge >= 0.3 is 0 Å². The Morgan fingerprint density at radius 2 is 2.00 bits per heavy atom. The number of nitrogens with one attached hydrogen (secondary N) is 1. The van der Waals surface area contributed by atoms with Crippen molar-refractivity contribution < 1.29 is 9.18 Å². The van der Waals surface area contributed by atoms with Gasteiger partial charge in [-0.25, -0.2) is 4.39 Å². The fourth-order valence-electron chi connectivity index (χ4n) is 2.06. The van der Waals surface area contributed by atoms with Crippen molar-refractivity contribution in [1.82, 2.24) is 5.32 Å². The summed E-state index contributed by atoms with van der Waals surface area (Å²) in [5, 5.41) is 11.7. The fraction of sp³-hybridized carbons (Fsp3) is 0.176. The molecule has 0 saturated carbocycles. The number of rotatable bonds is 4. The maximum atomic E-state index is 13.2. The summed E-state index contributed by atoms with van der Waals surface area (Å²) in [5.41, 5.74) is 2.24. The van der Waals surface area contributed by atoms with Crippen molar-refractivity contribution >= 4 is 21.8 Å². The Bertz CT molecular complexity index is 722. The molecule has 0 spiro atoms. The smallest absolute Gasteiger partial charge is 0.224 e. The number of carbonyl (C=O) groups is 1. The molecule has 0 aliphatic carbocycles. The molecule has 1 unspecified atom stereocenters. The Balaban J connectivity index is 1.98. The number of nitriles is 1. The number of halogens is 2. The number of amides is 1. The average molecular weight is 361 g/mol. The van der Waals surface area contributed by atoms with E-state index in [2.05, 4.69) is 27.3 Å². The molecule has 112 valence electrons.